The number of ether oxygens (including phenoxy) is 1. The lowest BCUT2D eigenvalue weighted by Gasteiger charge is -2.12. The van der Waals surface area contributed by atoms with Crippen LogP contribution in [-0.2, 0) is 6.42 Å². The molecule has 0 unspecified atom stereocenters. The molecule has 110 valence electrons. The lowest BCUT2D eigenvalue weighted by atomic mass is 10.1. The summed E-state index contributed by atoms with van der Waals surface area (Å²) in [7, 11) is 3.36. The second-order valence-corrected chi connectivity index (χ2v) is 5.07. The predicted molar refractivity (Wildman–Crippen MR) is 80.5 cm³/mol. The number of methoxy groups -OCH3 is 1. The van der Waals surface area contributed by atoms with Crippen LogP contribution in [0.25, 0.3) is 0 Å². The van der Waals surface area contributed by atoms with Gasteiger partial charge in [0.1, 0.15) is 11.5 Å². The van der Waals surface area contributed by atoms with E-state index < -0.39 is 0 Å². The van der Waals surface area contributed by atoms with Gasteiger partial charge in [-0.15, -0.1) is 0 Å². The lowest BCUT2D eigenvalue weighted by Crippen LogP contribution is -2.39. The van der Waals surface area contributed by atoms with Crippen molar-refractivity contribution in [2.75, 3.05) is 27.2 Å². The van der Waals surface area contributed by atoms with Crippen LogP contribution in [0.1, 0.15) is 18.4 Å². The van der Waals surface area contributed by atoms with Gasteiger partial charge < -0.3 is 20.5 Å². The second-order valence-electron chi connectivity index (χ2n) is 5.07. The molecule has 0 bridgehead atoms. The summed E-state index contributed by atoms with van der Waals surface area (Å²) >= 11 is 0. The largest absolute Gasteiger partial charge is 0.508 e. The molecule has 1 aliphatic carbocycles. The standard InChI is InChI=1S/C15H23N3O2/c1-16-15(18-10-11-3-4-11)17-8-7-12-5-6-13(20-2)9-14(12)19/h5-6,9,11,19H,3-4,7-8,10H2,1-2H3,(H2,16,17,18). The molecular formula is C15H23N3O2. The Morgan fingerprint density at radius 2 is 2.20 bits per heavy atom. The first-order valence-corrected chi connectivity index (χ1v) is 7.03. The summed E-state index contributed by atoms with van der Waals surface area (Å²) in [6.45, 7) is 1.72. The number of hydrogen-bond acceptors (Lipinski definition) is 3. The molecule has 5 nitrogen and oxygen atoms in total. The van der Waals surface area contributed by atoms with Crippen molar-refractivity contribution in [3.05, 3.63) is 23.8 Å². The summed E-state index contributed by atoms with van der Waals surface area (Å²) in [6, 6.07) is 5.38. The maximum atomic E-state index is 9.88. The van der Waals surface area contributed by atoms with E-state index in [1.54, 1.807) is 20.2 Å². The van der Waals surface area contributed by atoms with Crippen molar-refractivity contribution in [1.29, 1.82) is 0 Å². The number of hydrogen-bond donors (Lipinski definition) is 3. The Morgan fingerprint density at radius 3 is 2.80 bits per heavy atom. The van der Waals surface area contributed by atoms with E-state index in [9.17, 15) is 5.11 Å². The zero-order valence-corrected chi connectivity index (χ0v) is 12.1. The summed E-state index contributed by atoms with van der Waals surface area (Å²) in [5, 5.41) is 16.4. The fraction of sp³-hybridized carbons (Fsp3) is 0.533. The van der Waals surface area contributed by atoms with Crippen molar-refractivity contribution in [3.63, 3.8) is 0 Å². The Balaban J connectivity index is 1.76. The fourth-order valence-electron chi connectivity index (χ4n) is 1.98. The molecule has 1 fully saturated rings. The van der Waals surface area contributed by atoms with Gasteiger partial charge in [0.15, 0.2) is 5.96 Å². The van der Waals surface area contributed by atoms with Crippen molar-refractivity contribution < 1.29 is 9.84 Å². The van der Waals surface area contributed by atoms with Gasteiger partial charge in [-0.1, -0.05) is 6.07 Å². The van der Waals surface area contributed by atoms with E-state index in [2.05, 4.69) is 15.6 Å². The number of nitrogens with zero attached hydrogens (tertiary/aromatic N) is 1. The van der Waals surface area contributed by atoms with Crippen LogP contribution in [0.2, 0.25) is 0 Å². The SMILES string of the molecule is CN=C(NCCc1ccc(OC)cc1O)NCC1CC1. The molecule has 3 N–H and O–H groups in total. The molecule has 1 aromatic rings. The molecule has 0 amide bonds. The van der Waals surface area contributed by atoms with E-state index in [4.69, 9.17) is 4.74 Å². The number of nitrogens with one attached hydrogen (secondary N) is 2. The van der Waals surface area contributed by atoms with Gasteiger partial charge in [-0.3, -0.25) is 4.99 Å². The Kier molecular flexibility index (Phi) is 5.09. The molecule has 0 heterocycles. The Hall–Kier alpha value is -1.91. The van der Waals surface area contributed by atoms with Crippen LogP contribution in [0.5, 0.6) is 11.5 Å². The van der Waals surface area contributed by atoms with Crippen LogP contribution >= 0.6 is 0 Å². The Morgan fingerprint density at radius 1 is 1.40 bits per heavy atom. The molecule has 0 aromatic heterocycles. The molecule has 0 spiro atoms. The molecule has 20 heavy (non-hydrogen) atoms. The highest BCUT2D eigenvalue weighted by molar-refractivity contribution is 5.79. The topological polar surface area (TPSA) is 65.9 Å². The van der Waals surface area contributed by atoms with Gasteiger partial charge in [0, 0.05) is 26.2 Å². The third kappa shape index (κ3) is 4.33. The van der Waals surface area contributed by atoms with Crippen LogP contribution in [0.3, 0.4) is 0 Å². The minimum atomic E-state index is 0.270. The normalized spacial score (nSPS) is 15.0. The lowest BCUT2D eigenvalue weighted by molar-refractivity contribution is 0.406. The predicted octanol–water partition coefficient (Wildman–Crippen LogP) is 1.52. The maximum absolute atomic E-state index is 9.88. The van der Waals surface area contributed by atoms with E-state index in [1.807, 2.05) is 12.1 Å². The number of guanidine groups is 1. The Bertz CT molecular complexity index is 470. The summed E-state index contributed by atoms with van der Waals surface area (Å²) in [4.78, 5) is 4.18. The summed E-state index contributed by atoms with van der Waals surface area (Å²) in [5.41, 5.74) is 0.899. The molecular weight excluding hydrogens is 254 g/mol. The molecule has 1 aliphatic rings. The second kappa shape index (κ2) is 7.03. The number of benzene rings is 1. The first-order valence-electron chi connectivity index (χ1n) is 7.03. The minimum absolute atomic E-state index is 0.270. The molecule has 1 aromatic carbocycles. The van der Waals surface area contributed by atoms with E-state index in [1.165, 1.54) is 12.8 Å². The minimum Gasteiger partial charge on any atom is -0.508 e. The zero-order chi connectivity index (χ0) is 14.4. The zero-order valence-electron chi connectivity index (χ0n) is 12.1. The number of phenolic OH excluding ortho intramolecular Hbond substituents is 1. The summed E-state index contributed by atoms with van der Waals surface area (Å²) in [5.74, 6) is 2.58. The van der Waals surface area contributed by atoms with Gasteiger partial charge in [-0.2, -0.15) is 0 Å². The highest BCUT2D eigenvalue weighted by Crippen LogP contribution is 2.27. The van der Waals surface area contributed by atoms with Crippen molar-refractivity contribution in [1.82, 2.24) is 10.6 Å². The molecule has 0 atom stereocenters. The third-order valence-electron chi connectivity index (χ3n) is 3.46. The first-order chi connectivity index (χ1) is 9.72. The number of aromatic hydroxyl groups is 1. The summed E-state index contributed by atoms with van der Waals surface area (Å²) in [6.07, 6.45) is 3.38. The smallest absolute Gasteiger partial charge is 0.190 e. The molecule has 5 heteroatoms. The van der Waals surface area contributed by atoms with Gasteiger partial charge in [-0.05, 0) is 36.8 Å². The average Bonchev–Trinajstić information content (AvgIpc) is 3.28. The third-order valence-corrected chi connectivity index (χ3v) is 3.46. The highest BCUT2D eigenvalue weighted by Gasteiger charge is 2.20. The number of aliphatic imine (C=N–C) groups is 1. The van der Waals surface area contributed by atoms with E-state index in [-0.39, 0.29) is 5.75 Å². The molecule has 0 saturated heterocycles. The summed E-state index contributed by atoms with van der Waals surface area (Å²) < 4.78 is 5.07. The Labute approximate surface area is 120 Å². The van der Waals surface area contributed by atoms with Crippen LogP contribution in [0.15, 0.2) is 23.2 Å². The average molecular weight is 277 g/mol. The van der Waals surface area contributed by atoms with E-state index in [0.717, 1.165) is 37.0 Å². The van der Waals surface area contributed by atoms with Crippen molar-refractivity contribution in [2.45, 2.75) is 19.3 Å². The van der Waals surface area contributed by atoms with Crippen molar-refractivity contribution >= 4 is 5.96 Å². The molecule has 2 rings (SSSR count). The van der Waals surface area contributed by atoms with Crippen molar-refractivity contribution in [2.24, 2.45) is 10.9 Å². The van der Waals surface area contributed by atoms with Gasteiger partial charge >= 0.3 is 0 Å². The van der Waals surface area contributed by atoms with Crippen molar-refractivity contribution in [3.8, 4) is 11.5 Å². The fourth-order valence-corrected chi connectivity index (χ4v) is 1.98. The molecule has 0 aliphatic heterocycles. The highest BCUT2D eigenvalue weighted by atomic mass is 16.5. The maximum Gasteiger partial charge on any atom is 0.190 e. The van der Waals surface area contributed by atoms with Gasteiger partial charge in [0.2, 0.25) is 0 Å². The van der Waals surface area contributed by atoms with E-state index >= 15 is 0 Å². The van der Waals surface area contributed by atoms with Crippen LogP contribution < -0.4 is 15.4 Å². The molecule has 0 radical (unpaired) electrons. The van der Waals surface area contributed by atoms with Gasteiger partial charge in [-0.25, -0.2) is 0 Å². The number of phenols is 1. The van der Waals surface area contributed by atoms with Crippen LogP contribution in [0.4, 0.5) is 0 Å². The molecule has 1 saturated carbocycles. The van der Waals surface area contributed by atoms with Gasteiger partial charge in [0.25, 0.3) is 0 Å². The van der Waals surface area contributed by atoms with Crippen LogP contribution in [0, 0.1) is 5.92 Å². The first kappa shape index (κ1) is 14.5. The van der Waals surface area contributed by atoms with Crippen LogP contribution in [-0.4, -0.2) is 38.3 Å². The van der Waals surface area contributed by atoms with E-state index in [0.29, 0.717) is 5.75 Å². The number of rotatable bonds is 6. The monoisotopic (exact) mass is 277 g/mol. The van der Waals surface area contributed by atoms with Gasteiger partial charge in [0.05, 0.1) is 7.11 Å². The quantitative estimate of drug-likeness (QED) is 0.545.